The first-order valence-electron chi connectivity index (χ1n) is 9.46. The van der Waals surface area contributed by atoms with Gasteiger partial charge in [-0.2, -0.15) is 13.2 Å². The van der Waals surface area contributed by atoms with Crippen molar-refractivity contribution in [1.29, 1.82) is 0 Å². The molecule has 2 aromatic carbocycles. The van der Waals surface area contributed by atoms with Gasteiger partial charge < -0.3 is 14.6 Å². The molecule has 0 aliphatic carbocycles. The highest BCUT2D eigenvalue weighted by Gasteiger charge is 2.39. The zero-order valence-corrected chi connectivity index (χ0v) is 17.5. The van der Waals surface area contributed by atoms with Crippen molar-refractivity contribution in [2.45, 2.75) is 36.8 Å². The van der Waals surface area contributed by atoms with Crippen molar-refractivity contribution < 1.29 is 23.1 Å². The number of aliphatic hydroxyl groups excluding tert-OH is 1. The zero-order valence-electron chi connectivity index (χ0n) is 16.6. The summed E-state index contributed by atoms with van der Waals surface area (Å²) in [6.45, 7) is 1.62. The summed E-state index contributed by atoms with van der Waals surface area (Å²) in [6, 6.07) is 10.5. The molecule has 4 rings (SSSR count). The van der Waals surface area contributed by atoms with Gasteiger partial charge in [0.1, 0.15) is 6.10 Å². The summed E-state index contributed by atoms with van der Waals surface area (Å²) in [5, 5.41) is 18.9. The van der Waals surface area contributed by atoms with E-state index in [0.717, 1.165) is 6.07 Å². The molecule has 0 saturated heterocycles. The van der Waals surface area contributed by atoms with Gasteiger partial charge in [0.25, 0.3) is 5.91 Å². The van der Waals surface area contributed by atoms with Crippen LogP contribution in [0, 0.1) is 0 Å². The van der Waals surface area contributed by atoms with Gasteiger partial charge in [-0.3, -0.25) is 4.79 Å². The Morgan fingerprint density at radius 3 is 2.52 bits per heavy atom. The van der Waals surface area contributed by atoms with E-state index in [0.29, 0.717) is 22.2 Å². The fraction of sp³-hybridized carbons (Fsp3) is 0.286. The SMILES string of the molecule is CC(c1cccc(N2Cc3c(cccc3C(F)(F)F)C2=O)c1)C(O)c1nnc(S)n1C. The second-order valence-corrected chi connectivity index (χ2v) is 7.87. The predicted octanol–water partition coefficient (Wildman–Crippen LogP) is 4.12. The summed E-state index contributed by atoms with van der Waals surface area (Å²) >= 11 is 4.16. The maximum atomic E-state index is 13.4. The molecule has 0 spiro atoms. The van der Waals surface area contributed by atoms with E-state index in [2.05, 4.69) is 22.8 Å². The fourth-order valence-electron chi connectivity index (χ4n) is 3.78. The number of rotatable bonds is 4. The fourth-order valence-corrected chi connectivity index (χ4v) is 3.93. The van der Waals surface area contributed by atoms with Crippen LogP contribution in [0.1, 0.15) is 51.8 Å². The molecule has 0 radical (unpaired) electrons. The average Bonchev–Trinajstić information content (AvgIpc) is 3.25. The summed E-state index contributed by atoms with van der Waals surface area (Å²) in [5.74, 6) is -0.566. The first kappa shape index (κ1) is 21.4. The summed E-state index contributed by atoms with van der Waals surface area (Å²) in [4.78, 5) is 14.2. The largest absolute Gasteiger partial charge is 0.416 e. The molecule has 1 amide bonds. The van der Waals surface area contributed by atoms with Crippen molar-refractivity contribution in [2.75, 3.05) is 4.90 Å². The monoisotopic (exact) mass is 448 g/mol. The molecule has 0 saturated carbocycles. The molecule has 2 unspecified atom stereocenters. The minimum Gasteiger partial charge on any atom is -0.384 e. The van der Waals surface area contributed by atoms with Crippen molar-refractivity contribution in [2.24, 2.45) is 7.05 Å². The highest BCUT2D eigenvalue weighted by molar-refractivity contribution is 7.80. The number of nitrogens with zero attached hydrogens (tertiary/aromatic N) is 4. The average molecular weight is 448 g/mol. The number of halogens is 3. The molecule has 1 N–H and O–H groups in total. The maximum absolute atomic E-state index is 13.4. The molecule has 31 heavy (non-hydrogen) atoms. The van der Waals surface area contributed by atoms with Gasteiger partial charge in [-0.1, -0.05) is 25.1 Å². The molecule has 1 aliphatic rings. The Balaban J connectivity index is 1.65. The first-order valence-corrected chi connectivity index (χ1v) is 9.91. The van der Waals surface area contributed by atoms with Gasteiger partial charge in [0, 0.05) is 24.2 Å². The van der Waals surface area contributed by atoms with Gasteiger partial charge in [-0.05, 0) is 35.4 Å². The van der Waals surface area contributed by atoms with Crippen LogP contribution in [-0.2, 0) is 19.8 Å². The molecule has 2 heterocycles. The van der Waals surface area contributed by atoms with E-state index in [4.69, 9.17) is 0 Å². The molecule has 6 nitrogen and oxygen atoms in total. The van der Waals surface area contributed by atoms with Crippen LogP contribution in [0.3, 0.4) is 0 Å². The van der Waals surface area contributed by atoms with Gasteiger partial charge in [-0.25, -0.2) is 0 Å². The van der Waals surface area contributed by atoms with E-state index < -0.39 is 29.7 Å². The van der Waals surface area contributed by atoms with Crippen LogP contribution >= 0.6 is 12.6 Å². The number of thiol groups is 1. The number of aromatic nitrogens is 3. The minimum atomic E-state index is -4.54. The van der Waals surface area contributed by atoms with Gasteiger partial charge in [0.05, 0.1) is 12.1 Å². The van der Waals surface area contributed by atoms with Crippen LogP contribution in [0.25, 0.3) is 0 Å². The quantitative estimate of drug-likeness (QED) is 0.589. The zero-order chi connectivity index (χ0) is 22.5. The number of alkyl halides is 3. The molecular weight excluding hydrogens is 429 g/mol. The standard InChI is InChI=1S/C21H19F3N4O2S/c1-11(17(29)18-25-26-20(31)27(18)2)12-5-3-6-13(9-12)28-10-15-14(19(28)30)7-4-8-16(15)21(22,23)24/h3-9,11,17,29H,10H2,1-2H3,(H,26,31). The van der Waals surface area contributed by atoms with Crippen molar-refractivity contribution in [3.05, 3.63) is 70.5 Å². The molecule has 10 heteroatoms. The van der Waals surface area contributed by atoms with E-state index >= 15 is 0 Å². The number of anilines is 1. The smallest absolute Gasteiger partial charge is 0.384 e. The molecule has 0 bridgehead atoms. The number of hydrogen-bond acceptors (Lipinski definition) is 5. The third-order valence-electron chi connectivity index (χ3n) is 5.60. The van der Waals surface area contributed by atoms with Crippen molar-refractivity contribution >= 4 is 24.2 Å². The van der Waals surface area contributed by atoms with E-state index in [1.165, 1.54) is 17.0 Å². The maximum Gasteiger partial charge on any atom is 0.416 e. The molecule has 0 fully saturated rings. The van der Waals surface area contributed by atoms with Crippen molar-refractivity contribution in [1.82, 2.24) is 14.8 Å². The number of carbonyl (C=O) groups excluding carboxylic acids is 1. The Kier molecular flexibility index (Phi) is 5.30. The molecule has 162 valence electrons. The van der Waals surface area contributed by atoms with Crippen LogP contribution in [0.4, 0.5) is 18.9 Å². The predicted molar refractivity (Wildman–Crippen MR) is 110 cm³/mol. The lowest BCUT2D eigenvalue weighted by Crippen LogP contribution is -2.23. The van der Waals surface area contributed by atoms with Gasteiger partial charge in [-0.15, -0.1) is 22.8 Å². The summed E-state index contributed by atoms with van der Waals surface area (Å²) in [5.41, 5.74) is 0.380. The highest BCUT2D eigenvalue weighted by atomic mass is 32.1. The van der Waals surface area contributed by atoms with Gasteiger partial charge >= 0.3 is 6.18 Å². The lowest BCUT2D eigenvalue weighted by Gasteiger charge is -2.22. The second-order valence-electron chi connectivity index (χ2n) is 7.47. The van der Waals surface area contributed by atoms with Gasteiger partial charge in [0.15, 0.2) is 11.0 Å². The van der Waals surface area contributed by atoms with Crippen LogP contribution in [0.2, 0.25) is 0 Å². The second kappa shape index (κ2) is 7.69. The lowest BCUT2D eigenvalue weighted by atomic mass is 9.94. The van der Waals surface area contributed by atoms with E-state index in [1.807, 2.05) is 0 Å². The number of aliphatic hydroxyl groups is 1. The van der Waals surface area contributed by atoms with Crippen molar-refractivity contribution in [3.63, 3.8) is 0 Å². The molecular formula is C21H19F3N4O2S. The van der Waals surface area contributed by atoms with Crippen molar-refractivity contribution in [3.8, 4) is 0 Å². The number of fused-ring (bicyclic) bond motifs is 1. The number of benzene rings is 2. The first-order chi connectivity index (χ1) is 14.6. The summed E-state index contributed by atoms with van der Waals surface area (Å²) in [7, 11) is 1.68. The topological polar surface area (TPSA) is 71.2 Å². The van der Waals surface area contributed by atoms with E-state index in [1.54, 1.807) is 42.8 Å². The number of carbonyl (C=O) groups is 1. The Hall–Kier alpha value is -2.85. The van der Waals surface area contributed by atoms with E-state index in [9.17, 15) is 23.1 Å². The third kappa shape index (κ3) is 3.70. The van der Waals surface area contributed by atoms with Crippen LogP contribution in [-0.4, -0.2) is 25.8 Å². The Labute approximate surface area is 181 Å². The minimum absolute atomic E-state index is 0.0288. The Bertz CT molecular complexity index is 1160. The summed E-state index contributed by atoms with van der Waals surface area (Å²) < 4.78 is 41.7. The normalized spacial score (nSPS) is 15.8. The molecule has 1 aromatic heterocycles. The third-order valence-corrected chi connectivity index (χ3v) is 5.99. The van der Waals surface area contributed by atoms with Gasteiger partial charge in [0.2, 0.25) is 0 Å². The number of amides is 1. The molecule has 1 aliphatic heterocycles. The number of hydrogen-bond donors (Lipinski definition) is 2. The highest BCUT2D eigenvalue weighted by Crippen LogP contribution is 2.39. The molecule has 2 atom stereocenters. The lowest BCUT2D eigenvalue weighted by molar-refractivity contribution is -0.138. The Morgan fingerprint density at radius 2 is 1.87 bits per heavy atom. The van der Waals surface area contributed by atoms with E-state index in [-0.39, 0.29) is 17.7 Å². The van der Waals surface area contributed by atoms with Crippen LogP contribution in [0.5, 0.6) is 0 Å². The van der Waals surface area contributed by atoms with Crippen LogP contribution in [0.15, 0.2) is 47.6 Å². The Morgan fingerprint density at radius 1 is 1.16 bits per heavy atom. The summed E-state index contributed by atoms with van der Waals surface area (Å²) in [6.07, 6.45) is -5.53. The molecule has 3 aromatic rings. The van der Waals surface area contributed by atoms with Crippen LogP contribution < -0.4 is 4.90 Å².